The second-order valence-electron chi connectivity index (χ2n) is 7.50. The zero-order chi connectivity index (χ0) is 22.2. The van der Waals surface area contributed by atoms with Gasteiger partial charge in [-0.05, 0) is 29.7 Å². The van der Waals surface area contributed by atoms with Gasteiger partial charge in [0.2, 0.25) is 0 Å². The summed E-state index contributed by atoms with van der Waals surface area (Å²) in [5, 5.41) is 14.2. The molecule has 0 saturated carbocycles. The monoisotopic (exact) mass is 430 g/mol. The van der Waals surface area contributed by atoms with E-state index in [1.807, 2.05) is 18.0 Å². The minimum Gasteiger partial charge on any atom is -0.494 e. The summed E-state index contributed by atoms with van der Waals surface area (Å²) in [6, 6.07) is 11.2. The van der Waals surface area contributed by atoms with Crippen molar-refractivity contribution >= 4 is 11.6 Å². The van der Waals surface area contributed by atoms with E-state index in [9.17, 15) is 14.5 Å². The Hall–Kier alpha value is -3.20. The summed E-state index contributed by atoms with van der Waals surface area (Å²) < 4.78 is 24.5. The van der Waals surface area contributed by atoms with Crippen LogP contribution in [0.1, 0.15) is 17.5 Å². The number of methoxy groups -OCH3 is 1. The number of hydrogen-bond acceptors (Lipinski definition) is 5. The third kappa shape index (κ3) is 6.39. The molecular formula is C22H27FN4O4. The number of non-ortho nitro benzene ring substituents is 1. The van der Waals surface area contributed by atoms with Crippen molar-refractivity contribution in [2.24, 2.45) is 10.9 Å². The summed E-state index contributed by atoms with van der Waals surface area (Å²) >= 11 is 0. The van der Waals surface area contributed by atoms with Crippen LogP contribution in [-0.2, 0) is 17.8 Å². The van der Waals surface area contributed by atoms with Crippen LogP contribution in [-0.4, -0.2) is 49.7 Å². The van der Waals surface area contributed by atoms with E-state index < -0.39 is 10.7 Å². The molecule has 0 aliphatic carbocycles. The summed E-state index contributed by atoms with van der Waals surface area (Å²) in [5.74, 6) is 0.879. The molecule has 3 rings (SSSR count). The normalized spacial score (nSPS) is 16.2. The molecule has 0 spiro atoms. The van der Waals surface area contributed by atoms with Gasteiger partial charge < -0.3 is 19.7 Å². The number of nitrogens with zero attached hydrogens (tertiary/aromatic N) is 3. The molecule has 1 atom stereocenters. The molecule has 2 aromatic rings. The van der Waals surface area contributed by atoms with E-state index >= 15 is 0 Å². The summed E-state index contributed by atoms with van der Waals surface area (Å²) in [6.07, 6.45) is 0.996. The molecule has 1 unspecified atom stereocenters. The van der Waals surface area contributed by atoms with Crippen LogP contribution in [0.25, 0.3) is 0 Å². The molecule has 1 heterocycles. The molecule has 0 radical (unpaired) electrons. The largest absolute Gasteiger partial charge is 0.494 e. The maximum absolute atomic E-state index is 14.1. The van der Waals surface area contributed by atoms with E-state index in [1.165, 1.54) is 25.3 Å². The third-order valence-electron chi connectivity index (χ3n) is 5.13. The SMILES string of the molecule is COc1ccc(CN(C)C(=NCc2ccc([N+](=O)[O-])cc2)NCC2CCOC2)cc1F. The van der Waals surface area contributed by atoms with Crippen LogP contribution in [0.3, 0.4) is 0 Å². The lowest BCUT2D eigenvalue weighted by Crippen LogP contribution is -2.41. The van der Waals surface area contributed by atoms with Crippen molar-refractivity contribution in [2.45, 2.75) is 19.5 Å². The van der Waals surface area contributed by atoms with Gasteiger partial charge in [0.05, 0.1) is 25.2 Å². The van der Waals surface area contributed by atoms with Crippen LogP contribution in [0, 0.1) is 21.8 Å². The molecule has 8 nitrogen and oxygen atoms in total. The Bertz CT molecular complexity index is 914. The Morgan fingerprint density at radius 1 is 1.32 bits per heavy atom. The Labute approximate surface area is 180 Å². The maximum atomic E-state index is 14.1. The fourth-order valence-electron chi connectivity index (χ4n) is 3.34. The summed E-state index contributed by atoms with van der Waals surface area (Å²) in [6.45, 7) is 3.02. The second kappa shape index (κ2) is 10.7. The molecular weight excluding hydrogens is 403 g/mol. The lowest BCUT2D eigenvalue weighted by Gasteiger charge is -2.24. The van der Waals surface area contributed by atoms with Crippen molar-refractivity contribution in [1.82, 2.24) is 10.2 Å². The van der Waals surface area contributed by atoms with Gasteiger partial charge in [0.1, 0.15) is 0 Å². The first-order valence-corrected chi connectivity index (χ1v) is 10.1. The fourth-order valence-corrected chi connectivity index (χ4v) is 3.34. The number of benzene rings is 2. The van der Waals surface area contributed by atoms with Gasteiger partial charge in [-0.15, -0.1) is 0 Å². The molecule has 9 heteroatoms. The van der Waals surface area contributed by atoms with Gasteiger partial charge >= 0.3 is 0 Å². The van der Waals surface area contributed by atoms with Crippen LogP contribution in [0.4, 0.5) is 10.1 Å². The first-order valence-electron chi connectivity index (χ1n) is 10.1. The average molecular weight is 430 g/mol. The number of nitro benzene ring substituents is 1. The molecule has 1 fully saturated rings. The number of rotatable bonds is 8. The van der Waals surface area contributed by atoms with Crippen molar-refractivity contribution < 1.29 is 18.8 Å². The van der Waals surface area contributed by atoms with Crippen LogP contribution in [0.15, 0.2) is 47.5 Å². The smallest absolute Gasteiger partial charge is 0.269 e. The molecule has 1 aliphatic rings. The Morgan fingerprint density at radius 2 is 2.06 bits per heavy atom. The third-order valence-corrected chi connectivity index (χ3v) is 5.13. The lowest BCUT2D eigenvalue weighted by atomic mass is 10.1. The van der Waals surface area contributed by atoms with Gasteiger partial charge in [0, 0.05) is 44.8 Å². The van der Waals surface area contributed by atoms with Crippen LogP contribution in [0.2, 0.25) is 0 Å². The number of halogens is 1. The van der Waals surface area contributed by atoms with Crippen LogP contribution < -0.4 is 10.1 Å². The highest BCUT2D eigenvalue weighted by Crippen LogP contribution is 2.19. The molecule has 31 heavy (non-hydrogen) atoms. The summed E-state index contributed by atoms with van der Waals surface area (Å²) in [7, 11) is 3.32. The Kier molecular flexibility index (Phi) is 7.77. The topological polar surface area (TPSA) is 89.2 Å². The second-order valence-corrected chi connectivity index (χ2v) is 7.50. The number of hydrogen-bond donors (Lipinski definition) is 1. The highest BCUT2D eigenvalue weighted by atomic mass is 19.1. The molecule has 2 aromatic carbocycles. The van der Waals surface area contributed by atoms with Gasteiger partial charge in [0.15, 0.2) is 17.5 Å². The predicted octanol–water partition coefficient (Wildman–Crippen LogP) is 3.36. The first kappa shape index (κ1) is 22.5. The van der Waals surface area contributed by atoms with Gasteiger partial charge in [0.25, 0.3) is 5.69 Å². The zero-order valence-corrected chi connectivity index (χ0v) is 17.7. The predicted molar refractivity (Wildman–Crippen MR) is 116 cm³/mol. The first-order chi connectivity index (χ1) is 15.0. The molecule has 0 bridgehead atoms. The molecule has 166 valence electrons. The zero-order valence-electron chi connectivity index (χ0n) is 17.7. The minimum absolute atomic E-state index is 0.0472. The Balaban J connectivity index is 1.71. The quantitative estimate of drug-likeness (QED) is 0.299. The van der Waals surface area contributed by atoms with Crippen molar-refractivity contribution in [3.8, 4) is 5.75 Å². The van der Waals surface area contributed by atoms with E-state index in [0.29, 0.717) is 25.0 Å². The summed E-state index contributed by atoms with van der Waals surface area (Å²) in [5.41, 5.74) is 1.69. The van der Waals surface area contributed by atoms with Gasteiger partial charge in [-0.1, -0.05) is 18.2 Å². The number of nitrogens with one attached hydrogen (secondary N) is 1. The molecule has 1 N–H and O–H groups in total. The van der Waals surface area contributed by atoms with E-state index in [2.05, 4.69) is 10.3 Å². The van der Waals surface area contributed by atoms with Gasteiger partial charge in [-0.3, -0.25) is 10.1 Å². The molecule has 1 aliphatic heterocycles. The van der Waals surface area contributed by atoms with Crippen LogP contribution >= 0.6 is 0 Å². The van der Waals surface area contributed by atoms with Crippen molar-refractivity contribution in [2.75, 3.05) is 33.9 Å². The highest BCUT2D eigenvalue weighted by Gasteiger charge is 2.17. The highest BCUT2D eigenvalue weighted by molar-refractivity contribution is 5.79. The molecule has 1 saturated heterocycles. The Morgan fingerprint density at radius 3 is 2.68 bits per heavy atom. The van der Waals surface area contributed by atoms with Crippen molar-refractivity contribution in [3.63, 3.8) is 0 Å². The average Bonchev–Trinajstić information content (AvgIpc) is 3.28. The fraction of sp³-hybridized carbons (Fsp3) is 0.409. The van der Waals surface area contributed by atoms with Gasteiger partial charge in [-0.2, -0.15) is 0 Å². The van der Waals surface area contributed by atoms with Crippen LogP contribution in [0.5, 0.6) is 5.75 Å². The van der Waals surface area contributed by atoms with Crippen molar-refractivity contribution in [1.29, 1.82) is 0 Å². The number of aliphatic imine (C=N–C) groups is 1. The van der Waals surface area contributed by atoms with E-state index in [0.717, 1.165) is 37.3 Å². The van der Waals surface area contributed by atoms with Gasteiger partial charge in [-0.25, -0.2) is 9.38 Å². The van der Waals surface area contributed by atoms with E-state index in [-0.39, 0.29) is 11.4 Å². The van der Waals surface area contributed by atoms with Crippen molar-refractivity contribution in [3.05, 3.63) is 69.5 Å². The molecule has 0 aromatic heterocycles. The minimum atomic E-state index is -0.425. The lowest BCUT2D eigenvalue weighted by molar-refractivity contribution is -0.384. The number of ether oxygens (including phenoxy) is 2. The number of nitro groups is 1. The van der Waals surface area contributed by atoms with E-state index in [4.69, 9.17) is 9.47 Å². The maximum Gasteiger partial charge on any atom is 0.269 e. The standard InChI is InChI=1S/C22H27FN4O4/c1-26(14-17-5-8-21(30-2)20(23)11-17)22(25-13-18-9-10-31-15-18)24-12-16-3-6-19(7-4-16)27(28)29/h3-8,11,18H,9-10,12-15H2,1-2H3,(H,24,25). The molecule has 0 amide bonds. The summed E-state index contributed by atoms with van der Waals surface area (Å²) in [4.78, 5) is 17.0. The van der Waals surface area contributed by atoms with E-state index in [1.54, 1.807) is 18.2 Å². The number of guanidine groups is 1.